The normalized spacial score (nSPS) is 15.8. The molecule has 0 spiro atoms. The van der Waals surface area contributed by atoms with Gasteiger partial charge in [-0.25, -0.2) is 9.79 Å². The highest BCUT2D eigenvalue weighted by Gasteiger charge is 2.25. The Morgan fingerprint density at radius 1 is 1.53 bits per heavy atom. The van der Waals surface area contributed by atoms with Crippen LogP contribution < -0.4 is 0 Å². The van der Waals surface area contributed by atoms with Gasteiger partial charge in [-0.05, 0) is 5.57 Å². The molecule has 1 aliphatic rings. The predicted octanol–water partition coefficient (Wildman–Crippen LogP) is 2.55. The molecule has 0 bridgehead atoms. The van der Waals surface area contributed by atoms with Gasteiger partial charge < -0.3 is 14.2 Å². The number of hydrogen-bond donors (Lipinski definition) is 0. The van der Waals surface area contributed by atoms with Crippen LogP contribution in [0, 0.1) is 0 Å². The molecule has 1 rings (SSSR count). The number of carbonyl (C=O) groups excluding carboxylic acids is 1. The summed E-state index contributed by atoms with van der Waals surface area (Å²) in [4.78, 5) is 15.8. The Bertz CT molecular complexity index is 381. The molecule has 0 saturated heterocycles. The van der Waals surface area contributed by atoms with Gasteiger partial charge in [-0.3, -0.25) is 0 Å². The van der Waals surface area contributed by atoms with Crippen molar-refractivity contribution in [2.45, 2.75) is 3.79 Å². The minimum atomic E-state index is -1.64. The number of nitrogens with zero attached hydrogens (tertiary/aromatic N) is 1. The lowest BCUT2D eigenvalue weighted by molar-refractivity contribution is -0.139. The van der Waals surface area contributed by atoms with Crippen LogP contribution in [0.15, 0.2) is 16.3 Å². The molecule has 0 N–H and O–H groups in total. The van der Waals surface area contributed by atoms with Gasteiger partial charge in [0.2, 0.25) is 3.79 Å². The van der Waals surface area contributed by atoms with Crippen molar-refractivity contribution in [2.75, 3.05) is 32.9 Å². The Morgan fingerprint density at radius 2 is 2.26 bits per heavy atom. The number of hydrogen-bond acceptors (Lipinski definition) is 6. The number of ether oxygens (including phenoxy) is 3. The van der Waals surface area contributed by atoms with Crippen LogP contribution in [0.2, 0.25) is 0 Å². The highest BCUT2D eigenvalue weighted by molar-refractivity contribution is 8.12. The van der Waals surface area contributed by atoms with Crippen molar-refractivity contribution >= 4 is 58.1 Å². The van der Waals surface area contributed by atoms with Crippen LogP contribution in [0.1, 0.15) is 0 Å². The van der Waals surface area contributed by atoms with Crippen LogP contribution in [0.25, 0.3) is 0 Å². The summed E-state index contributed by atoms with van der Waals surface area (Å²) in [7, 11) is 1.51. The van der Waals surface area contributed by atoms with Crippen LogP contribution in [-0.4, -0.2) is 48.2 Å². The minimum Gasteiger partial charge on any atom is -0.456 e. The maximum atomic E-state index is 11.8. The quantitative estimate of drug-likeness (QED) is 0.319. The minimum absolute atomic E-state index is 0.133. The molecule has 19 heavy (non-hydrogen) atoms. The standard InChI is InChI=1S/C10H12Cl3NO4S/c1-16-6-17-2-7-3-19-5-14-8(7)9(15)18-4-10(11,12)13/h5H,2-4,6H2,1H3. The van der Waals surface area contributed by atoms with E-state index in [9.17, 15) is 4.79 Å². The van der Waals surface area contributed by atoms with Gasteiger partial charge in [0.25, 0.3) is 0 Å². The molecule has 108 valence electrons. The zero-order valence-corrected chi connectivity index (χ0v) is 13.1. The molecule has 0 unspecified atom stereocenters. The molecule has 0 aromatic rings. The Morgan fingerprint density at radius 3 is 2.89 bits per heavy atom. The Labute approximate surface area is 130 Å². The summed E-state index contributed by atoms with van der Waals surface area (Å²) >= 11 is 18.0. The van der Waals surface area contributed by atoms with Crippen LogP contribution in [0.4, 0.5) is 0 Å². The summed E-state index contributed by atoms with van der Waals surface area (Å²) < 4.78 is 13.2. The van der Waals surface area contributed by atoms with Crippen LogP contribution in [0.3, 0.4) is 0 Å². The van der Waals surface area contributed by atoms with Crippen molar-refractivity contribution in [3.63, 3.8) is 0 Å². The highest BCUT2D eigenvalue weighted by Crippen LogP contribution is 2.27. The smallest absolute Gasteiger partial charge is 0.357 e. The number of halogens is 3. The molecule has 0 saturated carbocycles. The zero-order valence-electron chi connectivity index (χ0n) is 10.0. The lowest BCUT2D eigenvalue weighted by atomic mass is 10.2. The van der Waals surface area contributed by atoms with Crippen molar-refractivity contribution in [3.8, 4) is 0 Å². The average Bonchev–Trinajstić information content (AvgIpc) is 2.36. The molecule has 0 atom stereocenters. The van der Waals surface area contributed by atoms with Crippen LogP contribution >= 0.6 is 46.6 Å². The van der Waals surface area contributed by atoms with Crippen molar-refractivity contribution in [3.05, 3.63) is 11.3 Å². The van der Waals surface area contributed by atoms with Gasteiger partial charge >= 0.3 is 5.97 Å². The van der Waals surface area contributed by atoms with Crippen molar-refractivity contribution in [1.82, 2.24) is 0 Å². The number of aliphatic imine (C=N–C) groups is 1. The maximum absolute atomic E-state index is 11.8. The Balaban J connectivity index is 2.63. The molecule has 0 radical (unpaired) electrons. The number of thioether (sulfide) groups is 1. The number of esters is 1. The third-order valence-corrected chi connectivity index (χ3v) is 2.98. The second kappa shape index (κ2) is 8.34. The third kappa shape index (κ3) is 6.83. The van der Waals surface area contributed by atoms with Crippen molar-refractivity contribution < 1.29 is 19.0 Å². The summed E-state index contributed by atoms with van der Waals surface area (Å²) in [5.41, 5.74) is 2.45. The maximum Gasteiger partial charge on any atom is 0.357 e. The fourth-order valence-corrected chi connectivity index (χ4v) is 2.00. The fourth-order valence-electron chi connectivity index (χ4n) is 1.16. The fraction of sp³-hybridized carbons (Fsp3) is 0.600. The predicted molar refractivity (Wildman–Crippen MR) is 77.1 cm³/mol. The van der Waals surface area contributed by atoms with Gasteiger partial charge in [0, 0.05) is 12.9 Å². The second-order valence-corrected chi connectivity index (χ2v) is 6.79. The van der Waals surface area contributed by atoms with Gasteiger partial charge in [-0.2, -0.15) is 0 Å². The van der Waals surface area contributed by atoms with Crippen LogP contribution in [-0.2, 0) is 19.0 Å². The van der Waals surface area contributed by atoms with E-state index in [1.54, 1.807) is 5.55 Å². The molecule has 9 heteroatoms. The Kier molecular flexibility index (Phi) is 7.49. The number of carbonyl (C=O) groups is 1. The van der Waals surface area contributed by atoms with Crippen molar-refractivity contribution in [1.29, 1.82) is 0 Å². The van der Waals surface area contributed by atoms with E-state index >= 15 is 0 Å². The first kappa shape index (κ1) is 17.1. The zero-order chi connectivity index (χ0) is 14.3. The highest BCUT2D eigenvalue weighted by atomic mass is 35.6. The molecule has 0 aromatic heterocycles. The number of alkyl halides is 3. The summed E-state index contributed by atoms with van der Waals surface area (Å²) in [5, 5.41) is 0. The molecule has 0 aromatic carbocycles. The lowest BCUT2D eigenvalue weighted by Crippen LogP contribution is -2.21. The van der Waals surface area contributed by atoms with Crippen molar-refractivity contribution in [2.24, 2.45) is 4.99 Å². The van der Waals surface area contributed by atoms with Crippen LogP contribution in [0.5, 0.6) is 0 Å². The van der Waals surface area contributed by atoms with E-state index in [-0.39, 0.29) is 25.7 Å². The molecule has 1 heterocycles. The summed E-state index contributed by atoms with van der Waals surface area (Å²) in [6.07, 6.45) is 0. The largest absolute Gasteiger partial charge is 0.456 e. The van der Waals surface area contributed by atoms with Gasteiger partial charge in [-0.15, -0.1) is 11.8 Å². The first-order chi connectivity index (χ1) is 8.94. The molecule has 0 fully saturated rings. The number of rotatable bonds is 6. The van der Waals surface area contributed by atoms with E-state index in [1.807, 2.05) is 0 Å². The van der Waals surface area contributed by atoms with Gasteiger partial charge in [0.1, 0.15) is 13.4 Å². The van der Waals surface area contributed by atoms with Gasteiger partial charge in [0.15, 0.2) is 5.70 Å². The van der Waals surface area contributed by atoms with E-state index in [0.29, 0.717) is 11.3 Å². The topological polar surface area (TPSA) is 57.1 Å². The van der Waals surface area contributed by atoms with E-state index in [4.69, 9.17) is 49.0 Å². The Hall–Kier alpha value is 0.0200. The van der Waals surface area contributed by atoms with Gasteiger partial charge in [0.05, 0.1) is 12.2 Å². The summed E-state index contributed by atoms with van der Waals surface area (Å²) in [5.74, 6) is -0.0512. The molecule has 0 amide bonds. The molecular formula is C10H12Cl3NO4S. The molecule has 1 aliphatic heterocycles. The monoisotopic (exact) mass is 347 g/mol. The molecule has 5 nitrogen and oxygen atoms in total. The molecular weight excluding hydrogens is 337 g/mol. The average molecular weight is 349 g/mol. The van der Waals surface area contributed by atoms with E-state index in [0.717, 1.165) is 0 Å². The number of methoxy groups -OCH3 is 1. The first-order valence-corrected chi connectivity index (χ1v) is 7.29. The van der Waals surface area contributed by atoms with E-state index in [2.05, 4.69) is 4.99 Å². The second-order valence-electron chi connectivity index (χ2n) is 3.44. The van der Waals surface area contributed by atoms with E-state index in [1.165, 1.54) is 18.9 Å². The third-order valence-electron chi connectivity index (χ3n) is 1.89. The SMILES string of the molecule is COCOCC1=C(C(=O)OCC(Cl)(Cl)Cl)N=CSC1. The van der Waals surface area contributed by atoms with E-state index < -0.39 is 9.76 Å². The molecule has 0 aliphatic carbocycles. The lowest BCUT2D eigenvalue weighted by Gasteiger charge is -2.16. The van der Waals surface area contributed by atoms with Gasteiger partial charge in [-0.1, -0.05) is 34.8 Å². The first-order valence-electron chi connectivity index (χ1n) is 5.10. The summed E-state index contributed by atoms with van der Waals surface area (Å²) in [6, 6.07) is 0. The summed E-state index contributed by atoms with van der Waals surface area (Å²) in [6.45, 7) is 0.0274.